The zero-order chi connectivity index (χ0) is 14.9. The standard InChI is InChI=1S/C14H14N2O3S2/c17-14(10-21(18,19)12-2-1-5-15-8-12)16-6-3-13-11(9-16)4-7-20-13/h1-2,4-5,7-8H,3,6,9-10H2. The highest BCUT2D eigenvalue weighted by Crippen LogP contribution is 2.24. The van der Waals surface area contributed by atoms with Crippen molar-refractivity contribution >= 4 is 27.1 Å². The summed E-state index contributed by atoms with van der Waals surface area (Å²) < 4.78 is 24.4. The van der Waals surface area contributed by atoms with Crippen molar-refractivity contribution < 1.29 is 13.2 Å². The van der Waals surface area contributed by atoms with E-state index in [4.69, 9.17) is 0 Å². The molecule has 0 saturated carbocycles. The molecule has 21 heavy (non-hydrogen) atoms. The first-order valence-electron chi connectivity index (χ1n) is 6.52. The molecule has 0 aromatic carbocycles. The van der Waals surface area contributed by atoms with Crippen LogP contribution in [0.4, 0.5) is 0 Å². The highest BCUT2D eigenvalue weighted by Gasteiger charge is 2.26. The van der Waals surface area contributed by atoms with Crippen molar-refractivity contribution in [2.75, 3.05) is 12.3 Å². The molecule has 0 unspecified atom stereocenters. The number of carbonyl (C=O) groups excluding carboxylic acids is 1. The Bertz CT molecular complexity index is 754. The fourth-order valence-corrected chi connectivity index (χ4v) is 4.40. The van der Waals surface area contributed by atoms with E-state index in [2.05, 4.69) is 4.98 Å². The molecule has 0 saturated heterocycles. The Balaban J connectivity index is 1.73. The summed E-state index contributed by atoms with van der Waals surface area (Å²) in [7, 11) is -3.62. The second kappa shape index (κ2) is 5.57. The van der Waals surface area contributed by atoms with Crippen LogP contribution in [0.3, 0.4) is 0 Å². The van der Waals surface area contributed by atoms with E-state index in [1.807, 2.05) is 11.4 Å². The van der Waals surface area contributed by atoms with Gasteiger partial charge < -0.3 is 4.90 Å². The van der Waals surface area contributed by atoms with Crippen molar-refractivity contribution in [1.82, 2.24) is 9.88 Å². The molecule has 110 valence electrons. The van der Waals surface area contributed by atoms with Crippen LogP contribution >= 0.6 is 11.3 Å². The van der Waals surface area contributed by atoms with Gasteiger partial charge in [-0.25, -0.2) is 8.42 Å². The maximum absolute atomic E-state index is 12.2. The molecule has 0 fully saturated rings. The molecule has 2 aromatic rings. The number of sulfone groups is 1. The van der Waals surface area contributed by atoms with Crippen LogP contribution in [0, 0.1) is 0 Å². The first kappa shape index (κ1) is 14.2. The SMILES string of the molecule is O=C(CS(=O)(=O)c1cccnc1)N1CCc2sccc2C1. The lowest BCUT2D eigenvalue weighted by molar-refractivity contribution is -0.129. The third-order valence-electron chi connectivity index (χ3n) is 3.47. The second-order valence-electron chi connectivity index (χ2n) is 4.88. The van der Waals surface area contributed by atoms with Gasteiger partial charge in [0.15, 0.2) is 9.84 Å². The lowest BCUT2D eigenvalue weighted by Crippen LogP contribution is -2.38. The lowest BCUT2D eigenvalue weighted by Gasteiger charge is -2.26. The Labute approximate surface area is 127 Å². The molecule has 1 aliphatic rings. The Morgan fingerprint density at radius 1 is 1.38 bits per heavy atom. The number of aromatic nitrogens is 1. The molecule has 1 aliphatic heterocycles. The van der Waals surface area contributed by atoms with Crippen LogP contribution in [0.25, 0.3) is 0 Å². The van der Waals surface area contributed by atoms with Gasteiger partial charge in [0.05, 0.1) is 4.90 Å². The van der Waals surface area contributed by atoms with Gasteiger partial charge in [-0.05, 0) is 35.6 Å². The summed E-state index contributed by atoms with van der Waals surface area (Å²) in [5, 5.41) is 2.00. The van der Waals surface area contributed by atoms with E-state index < -0.39 is 15.6 Å². The van der Waals surface area contributed by atoms with Crippen LogP contribution in [-0.4, -0.2) is 36.5 Å². The minimum atomic E-state index is -3.62. The van der Waals surface area contributed by atoms with E-state index in [0.29, 0.717) is 13.1 Å². The Kier molecular flexibility index (Phi) is 3.77. The van der Waals surface area contributed by atoms with Crippen molar-refractivity contribution in [3.8, 4) is 0 Å². The number of thiophene rings is 1. The predicted octanol–water partition coefficient (Wildman–Crippen LogP) is 1.50. The molecule has 0 N–H and O–H groups in total. The number of hydrogen-bond acceptors (Lipinski definition) is 5. The normalized spacial score (nSPS) is 14.8. The van der Waals surface area contributed by atoms with Gasteiger partial charge in [0.1, 0.15) is 5.75 Å². The third kappa shape index (κ3) is 2.98. The van der Waals surface area contributed by atoms with Crippen LogP contribution in [-0.2, 0) is 27.6 Å². The number of nitrogens with zero attached hydrogens (tertiary/aromatic N) is 2. The number of rotatable bonds is 3. The van der Waals surface area contributed by atoms with Crippen LogP contribution in [0.1, 0.15) is 10.4 Å². The Hall–Kier alpha value is -1.73. The topological polar surface area (TPSA) is 67.3 Å². The van der Waals surface area contributed by atoms with E-state index in [1.165, 1.54) is 23.3 Å². The van der Waals surface area contributed by atoms with Gasteiger partial charge >= 0.3 is 0 Å². The smallest absolute Gasteiger partial charge is 0.238 e. The van der Waals surface area contributed by atoms with Gasteiger partial charge in [0.2, 0.25) is 5.91 Å². The number of pyridine rings is 1. The van der Waals surface area contributed by atoms with Crippen molar-refractivity contribution in [3.63, 3.8) is 0 Å². The average molecular weight is 322 g/mol. The summed E-state index contributed by atoms with van der Waals surface area (Å²) in [6.45, 7) is 1.08. The van der Waals surface area contributed by atoms with E-state index in [9.17, 15) is 13.2 Å². The van der Waals surface area contributed by atoms with Crippen molar-refractivity contribution in [2.24, 2.45) is 0 Å². The lowest BCUT2D eigenvalue weighted by atomic mass is 10.1. The number of hydrogen-bond donors (Lipinski definition) is 0. The van der Waals surface area contributed by atoms with Crippen LogP contribution in [0.2, 0.25) is 0 Å². The monoisotopic (exact) mass is 322 g/mol. The van der Waals surface area contributed by atoms with Gasteiger partial charge in [-0.1, -0.05) is 0 Å². The fourth-order valence-electron chi connectivity index (χ4n) is 2.33. The first-order chi connectivity index (χ1) is 10.1. The summed E-state index contributed by atoms with van der Waals surface area (Å²) in [6, 6.07) is 5.01. The predicted molar refractivity (Wildman–Crippen MR) is 79.7 cm³/mol. The van der Waals surface area contributed by atoms with Gasteiger partial charge in [-0.15, -0.1) is 11.3 Å². The minimum absolute atomic E-state index is 0.0894. The summed E-state index contributed by atoms with van der Waals surface area (Å²) in [5.41, 5.74) is 1.12. The molecule has 0 spiro atoms. The number of amides is 1. The molecule has 3 heterocycles. The molecule has 3 rings (SSSR count). The molecule has 1 amide bonds. The molecule has 5 nitrogen and oxygen atoms in total. The zero-order valence-corrected chi connectivity index (χ0v) is 12.9. The van der Waals surface area contributed by atoms with E-state index in [-0.39, 0.29) is 10.8 Å². The molecule has 0 aliphatic carbocycles. The Morgan fingerprint density at radius 2 is 2.24 bits per heavy atom. The first-order valence-corrected chi connectivity index (χ1v) is 9.05. The number of carbonyl (C=O) groups is 1. The molecule has 0 atom stereocenters. The maximum Gasteiger partial charge on any atom is 0.238 e. The fraction of sp³-hybridized carbons (Fsp3) is 0.286. The van der Waals surface area contributed by atoms with Gasteiger partial charge in [-0.2, -0.15) is 0 Å². The highest BCUT2D eigenvalue weighted by atomic mass is 32.2. The largest absolute Gasteiger partial charge is 0.337 e. The van der Waals surface area contributed by atoms with Crippen molar-refractivity contribution in [2.45, 2.75) is 17.9 Å². The van der Waals surface area contributed by atoms with Gasteiger partial charge in [0.25, 0.3) is 0 Å². The van der Waals surface area contributed by atoms with Crippen LogP contribution in [0.15, 0.2) is 40.9 Å². The summed E-state index contributed by atoms with van der Waals surface area (Å²) >= 11 is 1.68. The van der Waals surface area contributed by atoms with Crippen LogP contribution < -0.4 is 0 Å². The average Bonchev–Trinajstić information content (AvgIpc) is 2.95. The summed E-state index contributed by atoms with van der Waals surface area (Å²) in [5.74, 6) is -0.853. The minimum Gasteiger partial charge on any atom is -0.337 e. The van der Waals surface area contributed by atoms with Crippen molar-refractivity contribution in [1.29, 1.82) is 0 Å². The van der Waals surface area contributed by atoms with E-state index in [0.717, 1.165) is 12.0 Å². The van der Waals surface area contributed by atoms with E-state index >= 15 is 0 Å². The molecule has 7 heteroatoms. The van der Waals surface area contributed by atoms with Crippen molar-refractivity contribution in [3.05, 3.63) is 46.4 Å². The molecule has 0 bridgehead atoms. The number of fused-ring (bicyclic) bond motifs is 1. The maximum atomic E-state index is 12.2. The van der Waals surface area contributed by atoms with Crippen LogP contribution in [0.5, 0.6) is 0 Å². The molecular formula is C14H14N2O3S2. The zero-order valence-electron chi connectivity index (χ0n) is 11.2. The van der Waals surface area contributed by atoms with Gasteiger partial charge in [-0.3, -0.25) is 9.78 Å². The quantitative estimate of drug-likeness (QED) is 0.859. The molecule has 2 aromatic heterocycles. The summed E-state index contributed by atoms with van der Waals surface area (Å²) in [4.78, 5) is 19.0. The molecular weight excluding hydrogens is 308 g/mol. The third-order valence-corrected chi connectivity index (χ3v) is 6.08. The van der Waals surface area contributed by atoms with Gasteiger partial charge in [0, 0.05) is 30.4 Å². The summed E-state index contributed by atoms with van der Waals surface area (Å²) in [6.07, 6.45) is 3.57. The second-order valence-corrected chi connectivity index (χ2v) is 7.87. The molecule has 0 radical (unpaired) electrons. The Morgan fingerprint density at radius 3 is 3.00 bits per heavy atom. The van der Waals surface area contributed by atoms with E-state index in [1.54, 1.807) is 22.3 Å². The highest BCUT2D eigenvalue weighted by molar-refractivity contribution is 7.92.